The lowest BCUT2D eigenvalue weighted by molar-refractivity contribution is -0.133. The average molecular weight is 278 g/mol. The van der Waals surface area contributed by atoms with Crippen LogP contribution in [0.15, 0.2) is 24.3 Å². The lowest BCUT2D eigenvalue weighted by Gasteiger charge is -2.36. The van der Waals surface area contributed by atoms with Crippen molar-refractivity contribution in [3.63, 3.8) is 0 Å². The second-order valence-electron chi connectivity index (χ2n) is 5.66. The molecule has 1 aromatic carbocycles. The molecular weight excluding hydrogens is 255 g/mol. The van der Waals surface area contributed by atoms with Crippen LogP contribution < -0.4 is 10.6 Å². The number of piperidine rings is 1. The third kappa shape index (κ3) is 3.18. The molecule has 110 valence electrons. The van der Waals surface area contributed by atoms with Crippen molar-refractivity contribution >= 4 is 5.91 Å². The van der Waals surface area contributed by atoms with E-state index in [1.54, 1.807) is 6.07 Å². The van der Waals surface area contributed by atoms with E-state index in [0.717, 1.165) is 37.9 Å². The highest BCUT2D eigenvalue weighted by molar-refractivity contribution is 5.83. The molecule has 2 N–H and O–H groups in total. The van der Waals surface area contributed by atoms with Crippen LogP contribution in [-0.4, -0.2) is 19.0 Å². The minimum atomic E-state index is -0.320. The summed E-state index contributed by atoms with van der Waals surface area (Å²) in [6, 6.07) is 6.22. The first kappa shape index (κ1) is 15.0. The molecule has 1 heterocycles. The highest BCUT2D eigenvalue weighted by Gasteiger charge is 2.38. The van der Waals surface area contributed by atoms with Gasteiger partial charge in [-0.15, -0.1) is 0 Å². The van der Waals surface area contributed by atoms with Gasteiger partial charge in [-0.1, -0.05) is 19.1 Å². The van der Waals surface area contributed by atoms with Gasteiger partial charge in [0.25, 0.3) is 0 Å². The smallest absolute Gasteiger partial charge is 0.227 e. The number of benzene rings is 1. The zero-order valence-corrected chi connectivity index (χ0v) is 12.2. The Kier molecular flexibility index (Phi) is 4.76. The molecule has 1 saturated heterocycles. The molecule has 2 atom stereocenters. The summed E-state index contributed by atoms with van der Waals surface area (Å²) in [5.74, 6) is -0.197. The van der Waals surface area contributed by atoms with Crippen LogP contribution in [0.25, 0.3) is 0 Å². The minimum Gasteiger partial charge on any atom is -0.349 e. The van der Waals surface area contributed by atoms with Gasteiger partial charge in [-0.3, -0.25) is 4.79 Å². The third-order valence-corrected chi connectivity index (χ3v) is 4.33. The van der Waals surface area contributed by atoms with Crippen LogP contribution in [-0.2, 0) is 4.79 Å². The Morgan fingerprint density at radius 3 is 2.95 bits per heavy atom. The Labute approximate surface area is 120 Å². The second kappa shape index (κ2) is 6.35. The van der Waals surface area contributed by atoms with Gasteiger partial charge < -0.3 is 10.6 Å². The molecule has 2 rings (SSSR count). The first-order valence-corrected chi connectivity index (χ1v) is 7.34. The van der Waals surface area contributed by atoms with Crippen LogP contribution >= 0.6 is 0 Å². The summed E-state index contributed by atoms with van der Waals surface area (Å²) in [5, 5.41) is 6.35. The van der Waals surface area contributed by atoms with Crippen molar-refractivity contribution in [2.45, 2.75) is 39.2 Å². The number of hydrogen-bond acceptors (Lipinski definition) is 2. The van der Waals surface area contributed by atoms with Crippen molar-refractivity contribution < 1.29 is 9.18 Å². The van der Waals surface area contributed by atoms with E-state index in [9.17, 15) is 9.18 Å². The van der Waals surface area contributed by atoms with E-state index < -0.39 is 0 Å². The maximum Gasteiger partial charge on any atom is 0.227 e. The maximum atomic E-state index is 13.2. The van der Waals surface area contributed by atoms with Gasteiger partial charge in [-0.2, -0.15) is 0 Å². The molecule has 20 heavy (non-hydrogen) atoms. The van der Waals surface area contributed by atoms with Gasteiger partial charge in [0.05, 0.1) is 11.5 Å². The molecule has 4 heteroatoms. The number of amides is 1. The number of halogens is 1. The Balaban J connectivity index is 2.06. The highest BCUT2D eigenvalue weighted by atomic mass is 19.1. The predicted octanol–water partition coefficient (Wildman–Crippen LogP) is 2.78. The molecule has 0 aliphatic carbocycles. The molecule has 0 radical (unpaired) electrons. The van der Waals surface area contributed by atoms with Crippen molar-refractivity contribution in [2.75, 3.05) is 13.1 Å². The molecule has 1 amide bonds. The molecule has 1 aromatic rings. The topological polar surface area (TPSA) is 41.1 Å². The molecule has 0 aromatic heterocycles. The largest absolute Gasteiger partial charge is 0.349 e. The Morgan fingerprint density at radius 1 is 1.55 bits per heavy atom. The fraction of sp³-hybridized carbons (Fsp3) is 0.562. The van der Waals surface area contributed by atoms with Crippen LogP contribution in [0.4, 0.5) is 4.39 Å². The lowest BCUT2D eigenvalue weighted by Crippen LogP contribution is -2.50. The van der Waals surface area contributed by atoms with Gasteiger partial charge >= 0.3 is 0 Å². The van der Waals surface area contributed by atoms with E-state index in [1.807, 2.05) is 13.0 Å². The summed E-state index contributed by atoms with van der Waals surface area (Å²) in [6.45, 7) is 5.66. The van der Waals surface area contributed by atoms with Crippen molar-refractivity contribution in [3.05, 3.63) is 35.6 Å². The highest BCUT2D eigenvalue weighted by Crippen LogP contribution is 2.31. The van der Waals surface area contributed by atoms with Crippen LogP contribution in [0.5, 0.6) is 0 Å². The summed E-state index contributed by atoms with van der Waals surface area (Å²) in [5.41, 5.74) is 0.480. The second-order valence-corrected chi connectivity index (χ2v) is 5.66. The number of hydrogen-bond donors (Lipinski definition) is 2. The van der Waals surface area contributed by atoms with Gasteiger partial charge in [-0.05, 0) is 50.4 Å². The molecule has 0 bridgehead atoms. The molecule has 0 saturated carbocycles. The summed E-state index contributed by atoms with van der Waals surface area (Å²) in [6.07, 6.45) is 2.76. The van der Waals surface area contributed by atoms with E-state index in [-0.39, 0.29) is 23.2 Å². The van der Waals surface area contributed by atoms with Crippen LogP contribution in [0.2, 0.25) is 0 Å². The fourth-order valence-corrected chi connectivity index (χ4v) is 2.83. The van der Waals surface area contributed by atoms with Crippen LogP contribution in [0, 0.1) is 11.2 Å². The summed E-state index contributed by atoms with van der Waals surface area (Å²) >= 11 is 0. The Morgan fingerprint density at radius 2 is 2.35 bits per heavy atom. The van der Waals surface area contributed by atoms with Gasteiger partial charge in [0.15, 0.2) is 0 Å². The van der Waals surface area contributed by atoms with E-state index >= 15 is 0 Å². The molecule has 1 aliphatic rings. The van der Waals surface area contributed by atoms with E-state index in [2.05, 4.69) is 17.6 Å². The summed E-state index contributed by atoms with van der Waals surface area (Å²) < 4.78 is 13.2. The van der Waals surface area contributed by atoms with E-state index in [0.29, 0.717) is 0 Å². The Hall–Kier alpha value is -1.42. The van der Waals surface area contributed by atoms with Crippen molar-refractivity contribution in [3.8, 4) is 0 Å². The van der Waals surface area contributed by atoms with Gasteiger partial charge in [0.2, 0.25) is 5.91 Å². The van der Waals surface area contributed by atoms with E-state index in [4.69, 9.17) is 0 Å². The van der Waals surface area contributed by atoms with Gasteiger partial charge in [0.1, 0.15) is 5.82 Å². The van der Waals surface area contributed by atoms with Gasteiger partial charge in [0, 0.05) is 6.54 Å². The first-order valence-electron chi connectivity index (χ1n) is 7.34. The fourth-order valence-electron chi connectivity index (χ4n) is 2.83. The molecule has 3 nitrogen and oxygen atoms in total. The summed E-state index contributed by atoms with van der Waals surface area (Å²) in [4.78, 5) is 12.6. The average Bonchev–Trinajstić information content (AvgIpc) is 2.47. The van der Waals surface area contributed by atoms with E-state index in [1.165, 1.54) is 12.1 Å². The zero-order chi connectivity index (χ0) is 14.6. The van der Waals surface area contributed by atoms with Crippen molar-refractivity contribution in [1.82, 2.24) is 10.6 Å². The number of carbonyl (C=O) groups is 1. The van der Waals surface area contributed by atoms with Gasteiger partial charge in [-0.25, -0.2) is 4.39 Å². The molecular formula is C16H23FN2O. The van der Waals surface area contributed by atoms with Crippen LogP contribution in [0.3, 0.4) is 0 Å². The lowest BCUT2D eigenvalue weighted by atomic mass is 9.77. The SMILES string of the molecule is CCC1(C(=O)NC(C)c2cccc(F)c2)CCCNC1. The molecule has 0 spiro atoms. The quantitative estimate of drug-likeness (QED) is 0.889. The van der Waals surface area contributed by atoms with Crippen molar-refractivity contribution in [2.24, 2.45) is 5.41 Å². The standard InChI is InChI=1S/C16H23FN2O/c1-3-16(8-5-9-18-11-16)15(20)19-12(2)13-6-4-7-14(17)10-13/h4,6-7,10,12,18H,3,5,8-9,11H2,1-2H3,(H,19,20). The monoisotopic (exact) mass is 278 g/mol. The number of nitrogens with one attached hydrogen (secondary N) is 2. The number of rotatable bonds is 4. The minimum absolute atomic E-state index is 0.0731. The molecule has 2 unspecified atom stereocenters. The first-order chi connectivity index (χ1) is 9.57. The Bertz CT molecular complexity index is 469. The van der Waals surface area contributed by atoms with Crippen LogP contribution in [0.1, 0.15) is 44.7 Å². The molecule has 1 fully saturated rings. The normalized spacial score (nSPS) is 24.1. The van der Waals surface area contributed by atoms with Crippen molar-refractivity contribution in [1.29, 1.82) is 0 Å². The maximum absolute atomic E-state index is 13.2. The zero-order valence-electron chi connectivity index (χ0n) is 12.2. The number of carbonyl (C=O) groups excluding carboxylic acids is 1. The third-order valence-electron chi connectivity index (χ3n) is 4.33. The molecule has 1 aliphatic heterocycles. The predicted molar refractivity (Wildman–Crippen MR) is 77.8 cm³/mol. The summed E-state index contributed by atoms with van der Waals surface area (Å²) in [7, 11) is 0.